The summed E-state index contributed by atoms with van der Waals surface area (Å²) >= 11 is 1.40. The molecule has 5 heteroatoms. The van der Waals surface area contributed by atoms with Crippen LogP contribution in [0.15, 0.2) is 21.6 Å². The van der Waals surface area contributed by atoms with Crippen LogP contribution in [0.3, 0.4) is 0 Å². The average molecular weight is 216 g/mol. The van der Waals surface area contributed by atoms with Crippen molar-refractivity contribution in [3.8, 4) is 0 Å². The number of hydrogen-bond acceptors (Lipinski definition) is 4. The first-order valence-corrected chi connectivity index (χ1v) is 5.22. The van der Waals surface area contributed by atoms with E-state index in [1.807, 2.05) is 0 Å². The van der Waals surface area contributed by atoms with Gasteiger partial charge in [-0.15, -0.1) is 0 Å². The van der Waals surface area contributed by atoms with Gasteiger partial charge in [-0.1, -0.05) is 11.8 Å². The first-order valence-electron chi connectivity index (χ1n) is 4.23. The van der Waals surface area contributed by atoms with E-state index in [9.17, 15) is 4.79 Å². The maximum Gasteiger partial charge on any atom is 0.371 e. The van der Waals surface area contributed by atoms with Crippen molar-refractivity contribution in [3.05, 3.63) is 17.9 Å². The highest BCUT2D eigenvalue weighted by atomic mass is 32.2. The van der Waals surface area contributed by atoms with E-state index >= 15 is 0 Å². The van der Waals surface area contributed by atoms with Crippen molar-refractivity contribution in [1.82, 2.24) is 0 Å². The van der Waals surface area contributed by atoms with Crippen LogP contribution >= 0.6 is 11.8 Å². The van der Waals surface area contributed by atoms with E-state index in [0.717, 1.165) is 0 Å². The summed E-state index contributed by atoms with van der Waals surface area (Å²) in [4.78, 5) is 10.5. The zero-order valence-electron chi connectivity index (χ0n) is 7.77. The first kappa shape index (κ1) is 11.1. The number of carbonyl (C=O) groups is 1. The molecule has 78 valence electrons. The van der Waals surface area contributed by atoms with Crippen molar-refractivity contribution in [2.45, 2.75) is 24.5 Å². The second-order valence-corrected chi connectivity index (χ2v) is 4.01. The van der Waals surface area contributed by atoms with Crippen LogP contribution in [0.5, 0.6) is 0 Å². The van der Waals surface area contributed by atoms with Crippen LogP contribution in [0.4, 0.5) is 0 Å². The molecule has 0 saturated carbocycles. The summed E-state index contributed by atoms with van der Waals surface area (Å²) in [5.74, 6) is -0.401. The van der Waals surface area contributed by atoms with Crippen LogP contribution in [-0.2, 0) is 0 Å². The van der Waals surface area contributed by atoms with Crippen molar-refractivity contribution in [3.63, 3.8) is 0 Å². The highest BCUT2D eigenvalue weighted by Gasteiger charge is 2.09. The SMILES string of the molecule is CC(O)CCSc1ccc(C(=O)O)o1. The summed E-state index contributed by atoms with van der Waals surface area (Å²) < 4.78 is 5.01. The molecule has 1 heterocycles. The molecule has 0 saturated heterocycles. The Labute approximate surface area is 85.9 Å². The number of carboxylic acids is 1. The topological polar surface area (TPSA) is 70.7 Å². The Kier molecular flexibility index (Phi) is 4.03. The maximum absolute atomic E-state index is 10.5. The number of thioether (sulfide) groups is 1. The standard InChI is InChI=1S/C9H12O4S/c1-6(10)4-5-14-8-3-2-7(13-8)9(11)12/h2-3,6,10H,4-5H2,1H3,(H,11,12). The quantitative estimate of drug-likeness (QED) is 0.735. The van der Waals surface area contributed by atoms with E-state index in [0.29, 0.717) is 17.3 Å². The highest BCUT2D eigenvalue weighted by Crippen LogP contribution is 2.21. The molecule has 1 aromatic rings. The fourth-order valence-corrected chi connectivity index (χ4v) is 1.82. The fraction of sp³-hybridized carbons (Fsp3) is 0.444. The Bertz CT molecular complexity index is 306. The van der Waals surface area contributed by atoms with Gasteiger partial charge in [0.1, 0.15) is 0 Å². The Balaban J connectivity index is 2.40. The zero-order chi connectivity index (χ0) is 10.6. The molecule has 0 fully saturated rings. The number of rotatable bonds is 5. The minimum Gasteiger partial charge on any atom is -0.475 e. The maximum atomic E-state index is 10.5. The third-order valence-corrected chi connectivity index (χ3v) is 2.52. The van der Waals surface area contributed by atoms with Crippen molar-refractivity contribution in [2.75, 3.05) is 5.75 Å². The normalized spacial score (nSPS) is 12.7. The summed E-state index contributed by atoms with van der Waals surface area (Å²) in [6, 6.07) is 3.04. The predicted octanol–water partition coefficient (Wildman–Crippen LogP) is 1.84. The van der Waals surface area contributed by atoms with Crippen molar-refractivity contribution >= 4 is 17.7 Å². The lowest BCUT2D eigenvalue weighted by Gasteiger charge is -2.00. The predicted molar refractivity (Wildman–Crippen MR) is 52.7 cm³/mol. The monoisotopic (exact) mass is 216 g/mol. The van der Waals surface area contributed by atoms with Gasteiger partial charge in [-0.2, -0.15) is 0 Å². The van der Waals surface area contributed by atoms with Crippen LogP contribution in [0, 0.1) is 0 Å². The number of aliphatic hydroxyl groups is 1. The van der Waals surface area contributed by atoms with Gasteiger partial charge < -0.3 is 14.6 Å². The summed E-state index contributed by atoms with van der Waals surface area (Å²) in [5.41, 5.74) is 0. The third-order valence-electron chi connectivity index (χ3n) is 1.57. The molecule has 2 N–H and O–H groups in total. The minimum absolute atomic E-state index is 0.0513. The molecule has 0 spiro atoms. The van der Waals surface area contributed by atoms with Crippen LogP contribution in [-0.4, -0.2) is 28.0 Å². The van der Waals surface area contributed by atoms with Crippen LogP contribution in [0.2, 0.25) is 0 Å². The summed E-state index contributed by atoms with van der Waals surface area (Å²) in [7, 11) is 0. The second kappa shape index (κ2) is 5.07. The molecule has 0 amide bonds. The van der Waals surface area contributed by atoms with E-state index in [4.69, 9.17) is 14.6 Å². The molecule has 0 radical (unpaired) electrons. The lowest BCUT2D eigenvalue weighted by molar-refractivity contribution is 0.0656. The molecular weight excluding hydrogens is 204 g/mol. The van der Waals surface area contributed by atoms with Gasteiger partial charge in [-0.3, -0.25) is 0 Å². The van der Waals surface area contributed by atoms with Gasteiger partial charge in [0.2, 0.25) is 5.76 Å². The third kappa shape index (κ3) is 3.43. The number of aliphatic hydroxyl groups excluding tert-OH is 1. The molecule has 1 rings (SSSR count). The molecule has 1 aromatic heterocycles. The van der Waals surface area contributed by atoms with Gasteiger partial charge in [0.15, 0.2) is 5.09 Å². The molecule has 0 aromatic carbocycles. The van der Waals surface area contributed by atoms with Gasteiger partial charge >= 0.3 is 5.97 Å². The lowest BCUT2D eigenvalue weighted by Crippen LogP contribution is -1.99. The van der Waals surface area contributed by atoms with Crippen molar-refractivity contribution < 1.29 is 19.4 Å². The van der Waals surface area contributed by atoms with Crippen molar-refractivity contribution in [2.24, 2.45) is 0 Å². The van der Waals surface area contributed by atoms with Gasteiger partial charge in [-0.05, 0) is 25.5 Å². The Hall–Kier alpha value is -0.940. The van der Waals surface area contributed by atoms with E-state index in [-0.39, 0.29) is 11.9 Å². The first-order chi connectivity index (χ1) is 6.59. The smallest absolute Gasteiger partial charge is 0.371 e. The molecule has 1 unspecified atom stereocenters. The van der Waals surface area contributed by atoms with E-state index in [1.165, 1.54) is 17.8 Å². The fourth-order valence-electron chi connectivity index (χ4n) is 0.843. The van der Waals surface area contributed by atoms with Crippen LogP contribution in [0.1, 0.15) is 23.9 Å². The van der Waals surface area contributed by atoms with Gasteiger partial charge in [0.05, 0.1) is 6.10 Å². The van der Waals surface area contributed by atoms with E-state index in [2.05, 4.69) is 0 Å². The Morgan fingerprint density at radius 3 is 2.86 bits per heavy atom. The average Bonchev–Trinajstić information content (AvgIpc) is 2.52. The number of aromatic carboxylic acids is 1. The zero-order valence-corrected chi connectivity index (χ0v) is 8.58. The molecule has 0 bridgehead atoms. The molecular formula is C9H12O4S. The Morgan fingerprint density at radius 2 is 2.36 bits per heavy atom. The minimum atomic E-state index is -1.06. The van der Waals surface area contributed by atoms with E-state index in [1.54, 1.807) is 13.0 Å². The largest absolute Gasteiger partial charge is 0.475 e. The molecule has 1 atom stereocenters. The van der Waals surface area contributed by atoms with Gasteiger partial charge in [0.25, 0.3) is 0 Å². The number of furan rings is 1. The van der Waals surface area contributed by atoms with Crippen LogP contribution < -0.4 is 0 Å². The van der Waals surface area contributed by atoms with Gasteiger partial charge in [0, 0.05) is 5.75 Å². The van der Waals surface area contributed by atoms with Crippen molar-refractivity contribution in [1.29, 1.82) is 0 Å². The highest BCUT2D eigenvalue weighted by molar-refractivity contribution is 7.99. The summed E-state index contributed by atoms with van der Waals surface area (Å²) in [5, 5.41) is 18.1. The van der Waals surface area contributed by atoms with Crippen LogP contribution in [0.25, 0.3) is 0 Å². The van der Waals surface area contributed by atoms with Gasteiger partial charge in [-0.25, -0.2) is 4.79 Å². The molecule has 4 nitrogen and oxygen atoms in total. The second-order valence-electron chi connectivity index (χ2n) is 2.91. The van der Waals surface area contributed by atoms with E-state index < -0.39 is 5.97 Å². The summed E-state index contributed by atoms with van der Waals surface area (Å²) in [6.07, 6.45) is 0.324. The lowest BCUT2D eigenvalue weighted by atomic mass is 10.3. The number of hydrogen-bond donors (Lipinski definition) is 2. The molecule has 0 aliphatic rings. The molecule has 0 aliphatic carbocycles. The molecule has 0 aliphatic heterocycles. The Morgan fingerprint density at radius 1 is 1.64 bits per heavy atom. The number of carboxylic acid groups (broad SMARTS) is 1. The summed E-state index contributed by atoms with van der Waals surface area (Å²) in [6.45, 7) is 1.71. The molecule has 14 heavy (non-hydrogen) atoms.